The van der Waals surface area contributed by atoms with E-state index in [9.17, 15) is 4.79 Å². The lowest BCUT2D eigenvalue weighted by Gasteiger charge is -2.50. The summed E-state index contributed by atoms with van der Waals surface area (Å²) in [5.74, 6) is 2.37. The van der Waals surface area contributed by atoms with Crippen molar-refractivity contribution in [1.29, 1.82) is 0 Å². The van der Waals surface area contributed by atoms with Crippen LogP contribution in [0, 0.1) is 11.8 Å². The Morgan fingerprint density at radius 1 is 1.39 bits per heavy atom. The lowest BCUT2D eigenvalue weighted by molar-refractivity contribution is -0.0696. The first kappa shape index (κ1) is 12.2. The first-order valence-electron chi connectivity index (χ1n) is 6.51. The van der Waals surface area contributed by atoms with E-state index in [1.165, 1.54) is 0 Å². The summed E-state index contributed by atoms with van der Waals surface area (Å²) in [4.78, 5) is 12.2. The Labute approximate surface area is 116 Å². The molecule has 0 radical (unpaired) electrons. The van der Waals surface area contributed by atoms with E-state index in [-0.39, 0.29) is 11.4 Å². The van der Waals surface area contributed by atoms with Crippen molar-refractivity contribution in [3.8, 4) is 5.75 Å². The Hall–Kier alpha value is -0.830. The largest absolute Gasteiger partial charge is 0.486 e. The number of ether oxygens (including phenoxy) is 1. The minimum atomic E-state index is -0.202. The molecule has 1 aromatic carbocycles. The third-order valence-corrected chi connectivity index (χ3v) is 4.76. The van der Waals surface area contributed by atoms with E-state index in [1.807, 2.05) is 18.2 Å². The summed E-state index contributed by atoms with van der Waals surface area (Å²) >= 11 is 3.40. The molecular formula is C15H17BrO2. The second kappa shape index (κ2) is 4.09. The fraction of sp³-hybridized carbons (Fsp3) is 0.533. The van der Waals surface area contributed by atoms with Crippen molar-refractivity contribution in [1.82, 2.24) is 0 Å². The summed E-state index contributed by atoms with van der Waals surface area (Å²) in [7, 11) is 0. The van der Waals surface area contributed by atoms with Gasteiger partial charge in [-0.15, -0.1) is 0 Å². The number of hydrogen-bond donors (Lipinski definition) is 0. The van der Waals surface area contributed by atoms with Gasteiger partial charge in [0.2, 0.25) is 0 Å². The maximum absolute atomic E-state index is 12.2. The highest BCUT2D eigenvalue weighted by molar-refractivity contribution is 9.10. The molecule has 1 aliphatic carbocycles. The predicted octanol–water partition coefficient (Wildman–Crippen LogP) is 4.22. The van der Waals surface area contributed by atoms with Crippen LogP contribution in [0.1, 0.15) is 43.5 Å². The van der Waals surface area contributed by atoms with E-state index in [4.69, 9.17) is 4.74 Å². The van der Waals surface area contributed by atoms with Crippen LogP contribution in [-0.4, -0.2) is 11.4 Å². The molecule has 0 amide bonds. The molecule has 2 nitrogen and oxygen atoms in total. The third-order valence-electron chi connectivity index (χ3n) is 4.26. The Morgan fingerprint density at radius 3 is 2.78 bits per heavy atom. The Bertz CT molecular complexity index is 501. The molecule has 18 heavy (non-hydrogen) atoms. The topological polar surface area (TPSA) is 26.3 Å². The van der Waals surface area contributed by atoms with Crippen molar-refractivity contribution >= 4 is 21.7 Å². The third kappa shape index (κ3) is 1.89. The van der Waals surface area contributed by atoms with E-state index >= 15 is 0 Å². The molecular weight excluding hydrogens is 292 g/mol. The lowest BCUT2D eigenvalue weighted by atomic mass is 9.63. The number of fused-ring (bicyclic) bond motifs is 1. The number of carbonyl (C=O) groups is 1. The molecule has 1 saturated carbocycles. The molecule has 1 aliphatic heterocycles. The summed E-state index contributed by atoms with van der Waals surface area (Å²) in [5, 5.41) is 0. The smallest absolute Gasteiger partial charge is 0.170 e. The minimum Gasteiger partial charge on any atom is -0.486 e. The minimum absolute atomic E-state index is 0.202. The van der Waals surface area contributed by atoms with Crippen LogP contribution in [0.3, 0.4) is 0 Å². The maximum Gasteiger partial charge on any atom is 0.170 e. The van der Waals surface area contributed by atoms with Gasteiger partial charge in [0.05, 0.1) is 12.0 Å². The summed E-state index contributed by atoms with van der Waals surface area (Å²) in [6, 6.07) is 5.70. The van der Waals surface area contributed by atoms with Gasteiger partial charge in [0.25, 0.3) is 0 Å². The standard InChI is InChI=1S/C15H17BrO2/c1-9(2)10-6-15(7-10)8-13(17)12-5-11(16)3-4-14(12)18-15/h3-5,9-10H,6-8H2,1-2H3. The molecule has 0 bridgehead atoms. The van der Waals surface area contributed by atoms with Gasteiger partial charge in [-0.2, -0.15) is 0 Å². The van der Waals surface area contributed by atoms with E-state index in [1.54, 1.807) is 0 Å². The monoisotopic (exact) mass is 308 g/mol. The lowest BCUT2D eigenvalue weighted by Crippen LogP contribution is -2.53. The summed E-state index contributed by atoms with van der Waals surface area (Å²) in [5.41, 5.74) is 0.523. The Morgan fingerprint density at radius 2 is 2.11 bits per heavy atom. The Kier molecular flexibility index (Phi) is 2.77. The highest BCUT2D eigenvalue weighted by Crippen LogP contribution is 2.50. The van der Waals surface area contributed by atoms with Gasteiger partial charge >= 0.3 is 0 Å². The summed E-state index contributed by atoms with van der Waals surface area (Å²) in [6.45, 7) is 4.49. The molecule has 3 heteroatoms. The number of halogens is 1. The van der Waals surface area contributed by atoms with Crippen molar-refractivity contribution in [2.45, 2.75) is 38.7 Å². The highest BCUT2D eigenvalue weighted by Gasteiger charge is 2.51. The second-order valence-electron chi connectivity index (χ2n) is 5.94. The SMILES string of the molecule is CC(C)C1CC2(CC(=O)c3cc(Br)ccc3O2)C1. The normalized spacial score (nSPS) is 30.0. The Balaban J connectivity index is 1.85. The number of benzene rings is 1. The molecule has 0 atom stereocenters. The van der Waals surface area contributed by atoms with E-state index in [0.717, 1.165) is 28.6 Å². The number of Topliss-reactive ketones (excluding diaryl/α,β-unsaturated/α-hetero) is 1. The molecule has 96 valence electrons. The van der Waals surface area contributed by atoms with E-state index < -0.39 is 0 Å². The van der Waals surface area contributed by atoms with Gasteiger partial charge < -0.3 is 4.74 Å². The van der Waals surface area contributed by atoms with Crippen LogP contribution in [0.25, 0.3) is 0 Å². The molecule has 0 N–H and O–H groups in total. The van der Waals surface area contributed by atoms with Crippen LogP contribution in [0.15, 0.2) is 22.7 Å². The van der Waals surface area contributed by atoms with Gasteiger partial charge in [-0.05, 0) is 42.9 Å². The maximum atomic E-state index is 12.2. The van der Waals surface area contributed by atoms with Crippen molar-refractivity contribution < 1.29 is 9.53 Å². The van der Waals surface area contributed by atoms with Gasteiger partial charge in [-0.3, -0.25) is 4.79 Å². The molecule has 0 unspecified atom stereocenters. The molecule has 1 heterocycles. The predicted molar refractivity (Wildman–Crippen MR) is 74.0 cm³/mol. The zero-order valence-electron chi connectivity index (χ0n) is 10.7. The van der Waals surface area contributed by atoms with Crippen molar-refractivity contribution in [3.05, 3.63) is 28.2 Å². The number of ketones is 1. The molecule has 1 spiro atoms. The van der Waals surface area contributed by atoms with Gasteiger partial charge in [-0.25, -0.2) is 0 Å². The molecule has 0 aromatic heterocycles. The molecule has 2 aliphatic rings. The van der Waals surface area contributed by atoms with Crippen LogP contribution in [0.5, 0.6) is 5.75 Å². The zero-order valence-corrected chi connectivity index (χ0v) is 12.3. The fourth-order valence-corrected chi connectivity index (χ4v) is 3.42. The number of hydrogen-bond acceptors (Lipinski definition) is 2. The van der Waals surface area contributed by atoms with Gasteiger partial charge in [0, 0.05) is 4.47 Å². The molecule has 1 aromatic rings. The van der Waals surface area contributed by atoms with Crippen molar-refractivity contribution in [2.24, 2.45) is 11.8 Å². The summed E-state index contributed by atoms with van der Waals surface area (Å²) < 4.78 is 7.05. The average molecular weight is 309 g/mol. The molecule has 0 saturated heterocycles. The second-order valence-corrected chi connectivity index (χ2v) is 6.85. The van der Waals surface area contributed by atoms with Crippen molar-refractivity contribution in [2.75, 3.05) is 0 Å². The van der Waals surface area contributed by atoms with Crippen LogP contribution in [0.2, 0.25) is 0 Å². The molecule has 1 fully saturated rings. The van der Waals surface area contributed by atoms with Gasteiger partial charge in [-0.1, -0.05) is 29.8 Å². The van der Waals surface area contributed by atoms with Crippen LogP contribution in [0.4, 0.5) is 0 Å². The van der Waals surface area contributed by atoms with Crippen LogP contribution < -0.4 is 4.74 Å². The van der Waals surface area contributed by atoms with Crippen LogP contribution >= 0.6 is 15.9 Å². The molecule has 3 rings (SSSR count). The first-order valence-corrected chi connectivity index (χ1v) is 7.30. The van der Waals surface area contributed by atoms with Gasteiger partial charge in [0.1, 0.15) is 11.4 Å². The van der Waals surface area contributed by atoms with Crippen molar-refractivity contribution in [3.63, 3.8) is 0 Å². The van der Waals surface area contributed by atoms with Gasteiger partial charge in [0.15, 0.2) is 5.78 Å². The first-order chi connectivity index (χ1) is 8.49. The van der Waals surface area contributed by atoms with Crippen LogP contribution in [-0.2, 0) is 0 Å². The highest BCUT2D eigenvalue weighted by atomic mass is 79.9. The quantitative estimate of drug-likeness (QED) is 0.776. The zero-order chi connectivity index (χ0) is 12.9. The average Bonchev–Trinajstić information content (AvgIpc) is 2.26. The number of rotatable bonds is 1. The summed E-state index contributed by atoms with van der Waals surface area (Å²) in [6.07, 6.45) is 2.58. The van der Waals surface area contributed by atoms with E-state index in [2.05, 4.69) is 29.8 Å². The van der Waals surface area contributed by atoms with E-state index in [0.29, 0.717) is 18.3 Å². The number of carbonyl (C=O) groups excluding carboxylic acids is 1. The fourth-order valence-electron chi connectivity index (χ4n) is 3.06.